The second-order valence-corrected chi connectivity index (χ2v) is 4.25. The van der Waals surface area contributed by atoms with Gasteiger partial charge in [-0.1, -0.05) is 23.8 Å². The molecule has 0 aliphatic carbocycles. The van der Waals surface area contributed by atoms with Gasteiger partial charge in [0.25, 0.3) is 0 Å². The number of para-hydroxylation sites is 1. The van der Waals surface area contributed by atoms with Crippen LogP contribution in [0.25, 0.3) is 0 Å². The number of carbonyl (C=O) groups excluding carboxylic acids is 2. The molecule has 102 valence electrons. The molecule has 4 heteroatoms. The first kappa shape index (κ1) is 13.8. The van der Waals surface area contributed by atoms with E-state index in [1.54, 1.807) is 30.3 Å². The van der Waals surface area contributed by atoms with Gasteiger partial charge in [0.15, 0.2) is 17.8 Å². The number of aryl methyl sites for hydroxylation is 1. The Morgan fingerprint density at radius 2 is 1.80 bits per heavy atom. The number of hydrogen-bond acceptors (Lipinski definition) is 4. The van der Waals surface area contributed by atoms with Gasteiger partial charge in [0, 0.05) is 0 Å². The summed E-state index contributed by atoms with van der Waals surface area (Å²) in [5, 5.41) is 0. The average Bonchev–Trinajstić information content (AvgIpc) is 2.48. The Morgan fingerprint density at radius 1 is 1.10 bits per heavy atom. The Morgan fingerprint density at radius 3 is 2.40 bits per heavy atom. The number of hydrogen-bond donors (Lipinski definition) is 0. The van der Waals surface area contributed by atoms with Crippen LogP contribution in [-0.2, 0) is 0 Å². The van der Waals surface area contributed by atoms with E-state index in [-0.39, 0.29) is 11.3 Å². The van der Waals surface area contributed by atoms with Gasteiger partial charge in [-0.25, -0.2) is 4.79 Å². The van der Waals surface area contributed by atoms with E-state index >= 15 is 0 Å². The third kappa shape index (κ3) is 2.85. The van der Waals surface area contributed by atoms with Crippen LogP contribution in [-0.4, -0.2) is 19.4 Å². The lowest BCUT2D eigenvalue weighted by molar-refractivity contribution is 0.0728. The largest absolute Gasteiger partial charge is 0.493 e. The predicted molar refractivity (Wildman–Crippen MR) is 74.5 cm³/mol. The van der Waals surface area contributed by atoms with Crippen molar-refractivity contribution >= 4 is 12.3 Å². The highest BCUT2D eigenvalue weighted by atomic mass is 16.6. The van der Waals surface area contributed by atoms with Crippen molar-refractivity contribution in [2.45, 2.75) is 6.92 Å². The van der Waals surface area contributed by atoms with Crippen molar-refractivity contribution in [3.63, 3.8) is 0 Å². The molecule has 0 amide bonds. The SMILES string of the molecule is COc1cccc(C=O)c1OC(=O)c1ccc(C)cc1. The smallest absolute Gasteiger partial charge is 0.343 e. The van der Waals surface area contributed by atoms with E-state index in [1.807, 2.05) is 19.1 Å². The number of methoxy groups -OCH3 is 1. The van der Waals surface area contributed by atoms with Crippen LogP contribution in [0, 0.1) is 6.92 Å². The molecule has 0 atom stereocenters. The average molecular weight is 270 g/mol. The molecule has 0 aliphatic heterocycles. The summed E-state index contributed by atoms with van der Waals surface area (Å²) in [5.74, 6) is -0.0526. The second-order valence-electron chi connectivity index (χ2n) is 4.25. The molecule has 2 aromatic rings. The molecule has 0 saturated heterocycles. The van der Waals surface area contributed by atoms with Crippen LogP contribution in [0.3, 0.4) is 0 Å². The fourth-order valence-electron chi connectivity index (χ4n) is 1.74. The number of aldehydes is 1. The van der Waals surface area contributed by atoms with Crippen molar-refractivity contribution in [1.29, 1.82) is 0 Å². The fourth-order valence-corrected chi connectivity index (χ4v) is 1.74. The maximum absolute atomic E-state index is 12.1. The van der Waals surface area contributed by atoms with Crippen LogP contribution in [0.15, 0.2) is 42.5 Å². The Kier molecular flexibility index (Phi) is 4.15. The van der Waals surface area contributed by atoms with Crippen LogP contribution in [0.4, 0.5) is 0 Å². The van der Waals surface area contributed by atoms with Gasteiger partial charge in [0.2, 0.25) is 0 Å². The van der Waals surface area contributed by atoms with Gasteiger partial charge >= 0.3 is 5.97 Å². The zero-order valence-electron chi connectivity index (χ0n) is 11.3. The highest BCUT2D eigenvalue weighted by Gasteiger charge is 2.15. The molecule has 0 fully saturated rings. The van der Waals surface area contributed by atoms with Gasteiger partial charge in [0.05, 0.1) is 18.2 Å². The van der Waals surface area contributed by atoms with E-state index < -0.39 is 5.97 Å². The van der Waals surface area contributed by atoms with Gasteiger partial charge in [-0.05, 0) is 31.2 Å². The molecule has 4 nitrogen and oxygen atoms in total. The van der Waals surface area contributed by atoms with Crippen molar-refractivity contribution < 1.29 is 19.1 Å². The number of carbonyl (C=O) groups is 2. The zero-order chi connectivity index (χ0) is 14.5. The Labute approximate surface area is 116 Å². The lowest BCUT2D eigenvalue weighted by atomic mass is 10.1. The molecule has 0 aliphatic rings. The summed E-state index contributed by atoms with van der Waals surface area (Å²) >= 11 is 0. The third-order valence-corrected chi connectivity index (χ3v) is 2.84. The minimum atomic E-state index is -0.530. The quantitative estimate of drug-likeness (QED) is 0.487. The molecule has 20 heavy (non-hydrogen) atoms. The van der Waals surface area contributed by atoms with Gasteiger partial charge < -0.3 is 9.47 Å². The van der Waals surface area contributed by atoms with Gasteiger partial charge in [-0.2, -0.15) is 0 Å². The Balaban J connectivity index is 2.31. The second kappa shape index (κ2) is 6.02. The molecule has 0 spiro atoms. The topological polar surface area (TPSA) is 52.6 Å². The van der Waals surface area contributed by atoms with Crippen LogP contribution >= 0.6 is 0 Å². The number of esters is 1. The highest BCUT2D eigenvalue weighted by molar-refractivity contribution is 5.93. The molecule has 0 aromatic heterocycles. The first-order valence-corrected chi connectivity index (χ1v) is 6.06. The van der Waals surface area contributed by atoms with E-state index in [1.165, 1.54) is 7.11 Å². The predicted octanol–water partition coefficient (Wildman–Crippen LogP) is 3.04. The summed E-state index contributed by atoms with van der Waals surface area (Å²) in [5.41, 5.74) is 1.73. The number of ether oxygens (including phenoxy) is 2. The first-order chi connectivity index (χ1) is 9.65. The van der Waals surface area contributed by atoms with Crippen LogP contribution in [0.1, 0.15) is 26.3 Å². The monoisotopic (exact) mass is 270 g/mol. The maximum Gasteiger partial charge on any atom is 0.343 e. The van der Waals surface area contributed by atoms with Crippen LogP contribution in [0.2, 0.25) is 0 Å². The van der Waals surface area contributed by atoms with Gasteiger partial charge in [0.1, 0.15) is 0 Å². The molecule has 0 unspecified atom stereocenters. The summed E-state index contributed by atoms with van der Waals surface area (Å²) in [6, 6.07) is 11.8. The van der Waals surface area contributed by atoms with E-state index in [2.05, 4.69) is 0 Å². The summed E-state index contributed by atoms with van der Waals surface area (Å²) < 4.78 is 10.4. The Hall–Kier alpha value is -2.62. The normalized spacial score (nSPS) is 9.90. The van der Waals surface area contributed by atoms with Crippen LogP contribution in [0.5, 0.6) is 11.5 Å². The highest BCUT2D eigenvalue weighted by Crippen LogP contribution is 2.30. The van der Waals surface area contributed by atoms with Gasteiger partial charge in [-0.15, -0.1) is 0 Å². The van der Waals surface area contributed by atoms with E-state index in [0.717, 1.165) is 5.56 Å². The van der Waals surface area contributed by atoms with E-state index in [0.29, 0.717) is 17.6 Å². The summed E-state index contributed by atoms with van der Waals surface area (Å²) in [7, 11) is 1.45. The molecule has 0 radical (unpaired) electrons. The summed E-state index contributed by atoms with van der Waals surface area (Å²) in [4.78, 5) is 23.1. The van der Waals surface area contributed by atoms with Crippen molar-refractivity contribution in [3.8, 4) is 11.5 Å². The van der Waals surface area contributed by atoms with E-state index in [9.17, 15) is 9.59 Å². The van der Waals surface area contributed by atoms with Crippen molar-refractivity contribution in [3.05, 3.63) is 59.2 Å². The molecular weight excluding hydrogens is 256 g/mol. The minimum Gasteiger partial charge on any atom is -0.493 e. The lowest BCUT2D eigenvalue weighted by Crippen LogP contribution is -2.10. The third-order valence-electron chi connectivity index (χ3n) is 2.84. The van der Waals surface area contributed by atoms with E-state index in [4.69, 9.17) is 9.47 Å². The molecule has 0 saturated carbocycles. The zero-order valence-corrected chi connectivity index (χ0v) is 11.3. The molecule has 0 bridgehead atoms. The minimum absolute atomic E-state index is 0.135. The molecule has 2 aromatic carbocycles. The van der Waals surface area contributed by atoms with Gasteiger partial charge in [-0.3, -0.25) is 4.79 Å². The molecule has 0 N–H and O–H groups in total. The first-order valence-electron chi connectivity index (χ1n) is 6.06. The molecule has 2 rings (SSSR count). The van der Waals surface area contributed by atoms with Crippen molar-refractivity contribution in [2.75, 3.05) is 7.11 Å². The molecular formula is C16H14O4. The molecule has 0 heterocycles. The lowest BCUT2D eigenvalue weighted by Gasteiger charge is -2.11. The Bertz CT molecular complexity index is 629. The standard InChI is InChI=1S/C16H14O4/c1-11-6-8-12(9-7-11)16(18)20-15-13(10-17)4-3-5-14(15)19-2/h3-10H,1-2H3. The van der Waals surface area contributed by atoms with Crippen molar-refractivity contribution in [2.24, 2.45) is 0 Å². The fraction of sp³-hybridized carbons (Fsp3) is 0.125. The maximum atomic E-state index is 12.1. The van der Waals surface area contributed by atoms with Crippen molar-refractivity contribution in [1.82, 2.24) is 0 Å². The number of rotatable bonds is 4. The number of benzene rings is 2. The van der Waals surface area contributed by atoms with Crippen LogP contribution < -0.4 is 9.47 Å². The summed E-state index contributed by atoms with van der Waals surface area (Å²) in [6.07, 6.45) is 0.625. The summed E-state index contributed by atoms with van der Waals surface area (Å²) in [6.45, 7) is 1.93.